The number of amides is 2. The Bertz CT molecular complexity index is 753. The second kappa shape index (κ2) is 9.67. The van der Waals surface area contributed by atoms with Gasteiger partial charge in [0.15, 0.2) is 0 Å². The molecule has 128 valence electrons. The standard InChI is InChI=1S/C19H19N3O3/c1-25-17-10-7-15(8-11-17)9-12-18(23)20-14-19(24)22-21-13-16-5-3-2-4-6-16/h2-13H,14H2,1H3,(H,20,23)(H,22,24)/b12-9+,21-13-. The molecule has 6 heteroatoms. The Labute approximate surface area is 146 Å². The van der Waals surface area contributed by atoms with Crippen molar-refractivity contribution in [3.05, 3.63) is 71.8 Å². The maximum atomic E-state index is 11.7. The fraction of sp³-hybridized carbons (Fsp3) is 0.105. The van der Waals surface area contributed by atoms with E-state index in [9.17, 15) is 9.59 Å². The van der Waals surface area contributed by atoms with Crippen molar-refractivity contribution in [3.8, 4) is 5.75 Å². The Balaban J connectivity index is 1.72. The Morgan fingerprint density at radius 1 is 1.04 bits per heavy atom. The molecule has 0 aliphatic heterocycles. The van der Waals surface area contributed by atoms with Crippen LogP contribution < -0.4 is 15.5 Å². The number of nitrogens with one attached hydrogen (secondary N) is 2. The number of nitrogens with zero attached hydrogens (tertiary/aromatic N) is 1. The van der Waals surface area contributed by atoms with E-state index in [-0.39, 0.29) is 12.5 Å². The van der Waals surface area contributed by atoms with Crippen molar-refractivity contribution in [2.45, 2.75) is 0 Å². The summed E-state index contributed by atoms with van der Waals surface area (Å²) in [5, 5.41) is 6.31. The van der Waals surface area contributed by atoms with Gasteiger partial charge >= 0.3 is 0 Å². The fourth-order valence-electron chi connectivity index (χ4n) is 1.87. The molecule has 2 aromatic rings. The minimum Gasteiger partial charge on any atom is -0.497 e. The van der Waals surface area contributed by atoms with E-state index in [1.54, 1.807) is 25.3 Å². The van der Waals surface area contributed by atoms with E-state index in [1.807, 2.05) is 42.5 Å². The van der Waals surface area contributed by atoms with Gasteiger partial charge in [0.25, 0.3) is 5.91 Å². The first-order chi connectivity index (χ1) is 12.2. The van der Waals surface area contributed by atoms with Crippen LogP contribution >= 0.6 is 0 Å². The lowest BCUT2D eigenvalue weighted by molar-refractivity contribution is -0.123. The van der Waals surface area contributed by atoms with Gasteiger partial charge in [0, 0.05) is 6.08 Å². The predicted molar refractivity (Wildman–Crippen MR) is 97.2 cm³/mol. The van der Waals surface area contributed by atoms with Crippen molar-refractivity contribution in [2.24, 2.45) is 5.10 Å². The summed E-state index contributed by atoms with van der Waals surface area (Å²) in [7, 11) is 1.59. The lowest BCUT2D eigenvalue weighted by Crippen LogP contribution is -2.34. The van der Waals surface area contributed by atoms with Crippen LogP contribution in [-0.4, -0.2) is 31.7 Å². The zero-order chi connectivity index (χ0) is 17.9. The number of ether oxygens (including phenoxy) is 1. The molecule has 6 nitrogen and oxygen atoms in total. The maximum Gasteiger partial charge on any atom is 0.259 e. The molecule has 0 saturated carbocycles. The van der Waals surface area contributed by atoms with Crippen LogP contribution in [0.5, 0.6) is 5.75 Å². The molecule has 0 aromatic heterocycles. The Morgan fingerprint density at radius 3 is 2.44 bits per heavy atom. The van der Waals surface area contributed by atoms with E-state index < -0.39 is 5.91 Å². The summed E-state index contributed by atoms with van der Waals surface area (Å²) in [5.41, 5.74) is 4.07. The first-order valence-electron chi connectivity index (χ1n) is 7.64. The number of benzene rings is 2. The van der Waals surface area contributed by atoms with Crippen LogP contribution in [-0.2, 0) is 9.59 Å². The molecule has 0 heterocycles. The molecular weight excluding hydrogens is 318 g/mol. The monoisotopic (exact) mass is 337 g/mol. The van der Waals surface area contributed by atoms with Gasteiger partial charge < -0.3 is 10.1 Å². The lowest BCUT2D eigenvalue weighted by atomic mass is 10.2. The predicted octanol–water partition coefficient (Wildman–Crippen LogP) is 1.97. The molecule has 0 radical (unpaired) electrons. The van der Waals surface area contributed by atoms with Crippen molar-refractivity contribution in [1.29, 1.82) is 0 Å². The first-order valence-corrected chi connectivity index (χ1v) is 7.64. The molecule has 2 rings (SSSR count). The van der Waals surface area contributed by atoms with Crippen LogP contribution in [0.3, 0.4) is 0 Å². The average Bonchev–Trinajstić information content (AvgIpc) is 2.66. The third-order valence-corrected chi connectivity index (χ3v) is 3.17. The van der Waals surface area contributed by atoms with Crippen LogP contribution in [0.25, 0.3) is 6.08 Å². The smallest absolute Gasteiger partial charge is 0.259 e. The highest BCUT2D eigenvalue weighted by molar-refractivity contribution is 5.94. The van der Waals surface area contributed by atoms with Crippen molar-refractivity contribution in [3.63, 3.8) is 0 Å². The molecule has 0 spiro atoms. The summed E-state index contributed by atoms with van der Waals surface area (Å²) in [4.78, 5) is 23.3. The van der Waals surface area contributed by atoms with E-state index >= 15 is 0 Å². The number of methoxy groups -OCH3 is 1. The number of hydrogen-bond acceptors (Lipinski definition) is 4. The highest BCUT2D eigenvalue weighted by atomic mass is 16.5. The molecule has 0 aliphatic carbocycles. The highest BCUT2D eigenvalue weighted by Gasteiger charge is 2.01. The topological polar surface area (TPSA) is 79.8 Å². The zero-order valence-corrected chi connectivity index (χ0v) is 13.8. The number of rotatable bonds is 7. The Hall–Kier alpha value is -3.41. The molecular formula is C19H19N3O3. The van der Waals surface area contributed by atoms with Gasteiger partial charge in [-0.15, -0.1) is 0 Å². The Kier molecular flexibility index (Phi) is 6.94. The van der Waals surface area contributed by atoms with Crippen molar-refractivity contribution in [1.82, 2.24) is 10.7 Å². The van der Waals surface area contributed by atoms with Crippen LogP contribution in [0.1, 0.15) is 11.1 Å². The number of carbonyl (C=O) groups is 2. The molecule has 0 unspecified atom stereocenters. The highest BCUT2D eigenvalue weighted by Crippen LogP contribution is 2.12. The van der Waals surface area contributed by atoms with Gasteiger partial charge in [0.1, 0.15) is 5.75 Å². The molecule has 25 heavy (non-hydrogen) atoms. The van der Waals surface area contributed by atoms with Gasteiger partial charge in [-0.3, -0.25) is 9.59 Å². The van der Waals surface area contributed by atoms with E-state index in [4.69, 9.17) is 4.74 Å². The molecule has 2 amide bonds. The molecule has 0 atom stereocenters. The van der Waals surface area contributed by atoms with Crippen LogP contribution in [0.15, 0.2) is 65.8 Å². The van der Waals surface area contributed by atoms with Gasteiger partial charge in [0.05, 0.1) is 19.9 Å². The summed E-state index contributed by atoms with van der Waals surface area (Å²) < 4.78 is 5.06. The largest absolute Gasteiger partial charge is 0.497 e. The zero-order valence-electron chi connectivity index (χ0n) is 13.8. The molecule has 0 saturated heterocycles. The normalized spacial score (nSPS) is 10.8. The summed E-state index contributed by atoms with van der Waals surface area (Å²) in [6.45, 7) is -0.155. The fourth-order valence-corrected chi connectivity index (χ4v) is 1.87. The van der Waals surface area contributed by atoms with E-state index in [2.05, 4.69) is 15.8 Å². The average molecular weight is 337 g/mol. The summed E-state index contributed by atoms with van der Waals surface area (Å²) >= 11 is 0. The van der Waals surface area contributed by atoms with Gasteiger partial charge in [-0.05, 0) is 29.3 Å². The Morgan fingerprint density at radius 2 is 1.76 bits per heavy atom. The summed E-state index contributed by atoms with van der Waals surface area (Å²) in [6, 6.07) is 16.6. The maximum absolute atomic E-state index is 11.7. The second-order valence-electron chi connectivity index (χ2n) is 5.03. The molecule has 0 fully saturated rings. The number of hydrazone groups is 1. The summed E-state index contributed by atoms with van der Waals surface area (Å²) in [6.07, 6.45) is 4.55. The van der Waals surface area contributed by atoms with Gasteiger partial charge in [-0.1, -0.05) is 42.5 Å². The lowest BCUT2D eigenvalue weighted by Gasteiger charge is -2.01. The number of carbonyl (C=O) groups excluding carboxylic acids is 2. The van der Waals surface area contributed by atoms with Crippen LogP contribution in [0.2, 0.25) is 0 Å². The van der Waals surface area contributed by atoms with E-state index in [0.717, 1.165) is 16.9 Å². The van der Waals surface area contributed by atoms with E-state index in [0.29, 0.717) is 0 Å². The van der Waals surface area contributed by atoms with Crippen LogP contribution in [0, 0.1) is 0 Å². The molecule has 2 aromatic carbocycles. The summed E-state index contributed by atoms with van der Waals surface area (Å²) in [5.74, 6) is -0.0225. The van der Waals surface area contributed by atoms with Crippen molar-refractivity contribution in [2.75, 3.05) is 13.7 Å². The minimum absolute atomic E-state index is 0.155. The van der Waals surface area contributed by atoms with Gasteiger partial charge in [-0.25, -0.2) is 5.43 Å². The molecule has 0 aliphatic rings. The van der Waals surface area contributed by atoms with Crippen molar-refractivity contribution < 1.29 is 14.3 Å². The molecule has 0 bridgehead atoms. The second-order valence-corrected chi connectivity index (χ2v) is 5.03. The minimum atomic E-state index is -0.404. The molecule has 2 N–H and O–H groups in total. The SMILES string of the molecule is COc1ccc(/C=C/C(=O)NCC(=O)N/N=C\c2ccccc2)cc1. The first kappa shape index (κ1) is 17.9. The third-order valence-electron chi connectivity index (χ3n) is 3.17. The van der Waals surface area contributed by atoms with Gasteiger partial charge in [0.2, 0.25) is 5.91 Å². The number of hydrogen-bond donors (Lipinski definition) is 2. The third kappa shape index (κ3) is 6.70. The van der Waals surface area contributed by atoms with Crippen LogP contribution in [0.4, 0.5) is 0 Å². The van der Waals surface area contributed by atoms with Crippen molar-refractivity contribution >= 4 is 24.1 Å². The van der Waals surface area contributed by atoms with E-state index in [1.165, 1.54) is 12.3 Å². The quantitative estimate of drug-likeness (QED) is 0.460. The van der Waals surface area contributed by atoms with Gasteiger partial charge in [-0.2, -0.15) is 5.10 Å².